The summed E-state index contributed by atoms with van der Waals surface area (Å²) in [6.45, 7) is 1.55. The Kier molecular flexibility index (Phi) is 6.04. The molecule has 0 atom stereocenters. The first-order chi connectivity index (χ1) is 9.25. The van der Waals surface area contributed by atoms with Crippen molar-refractivity contribution in [2.45, 2.75) is 44.6 Å². The molecule has 106 valence electrons. The zero-order chi connectivity index (χ0) is 13.5. The van der Waals surface area contributed by atoms with Crippen LogP contribution in [-0.4, -0.2) is 24.1 Å². The van der Waals surface area contributed by atoms with Crippen LogP contribution in [0.4, 0.5) is 10.2 Å². The molecule has 2 N–H and O–H groups in total. The second kappa shape index (κ2) is 7.80. The molecule has 0 spiro atoms. The first-order valence-electron chi connectivity index (χ1n) is 7.04. The third-order valence-electron chi connectivity index (χ3n) is 3.51. The van der Waals surface area contributed by atoms with Crippen LogP contribution in [-0.2, 0) is 0 Å². The minimum atomic E-state index is -0.316. The van der Waals surface area contributed by atoms with Crippen molar-refractivity contribution in [3.63, 3.8) is 0 Å². The van der Waals surface area contributed by atoms with Crippen LogP contribution in [0, 0.1) is 5.82 Å². The largest absolute Gasteiger partial charge is 0.366 e. The van der Waals surface area contributed by atoms with E-state index in [0.717, 1.165) is 6.54 Å². The summed E-state index contributed by atoms with van der Waals surface area (Å²) in [4.78, 5) is 4.02. The topological polar surface area (TPSA) is 37.0 Å². The summed E-state index contributed by atoms with van der Waals surface area (Å²) in [5.41, 5.74) is 0. The van der Waals surface area contributed by atoms with Crippen molar-refractivity contribution in [2.24, 2.45) is 0 Å². The average molecular weight is 330 g/mol. The van der Waals surface area contributed by atoms with Gasteiger partial charge in [0.15, 0.2) is 11.6 Å². The van der Waals surface area contributed by atoms with Crippen LogP contribution in [0.25, 0.3) is 0 Å². The fourth-order valence-electron chi connectivity index (χ4n) is 2.49. The van der Waals surface area contributed by atoms with Gasteiger partial charge in [0.25, 0.3) is 0 Å². The molecular weight excluding hydrogens is 309 g/mol. The van der Waals surface area contributed by atoms with Gasteiger partial charge < -0.3 is 10.6 Å². The highest BCUT2D eigenvalue weighted by molar-refractivity contribution is 9.10. The van der Waals surface area contributed by atoms with Crippen molar-refractivity contribution in [2.75, 3.05) is 18.4 Å². The maximum absolute atomic E-state index is 13.5. The molecule has 2 rings (SSSR count). The van der Waals surface area contributed by atoms with Gasteiger partial charge in [0, 0.05) is 29.8 Å². The Hall–Kier alpha value is -0.680. The van der Waals surface area contributed by atoms with Crippen LogP contribution in [0.5, 0.6) is 0 Å². The van der Waals surface area contributed by atoms with E-state index in [1.54, 1.807) is 6.20 Å². The zero-order valence-corrected chi connectivity index (χ0v) is 12.7. The first-order valence-corrected chi connectivity index (χ1v) is 7.83. The molecule has 1 aromatic rings. The van der Waals surface area contributed by atoms with Crippen LogP contribution >= 0.6 is 15.9 Å². The molecule has 0 saturated heterocycles. The predicted molar refractivity (Wildman–Crippen MR) is 79.9 cm³/mol. The molecule has 0 radical (unpaired) electrons. The third-order valence-corrected chi connectivity index (χ3v) is 3.95. The SMILES string of the molecule is Fc1cc(Br)cnc1NCCNC1CCCCCC1. The van der Waals surface area contributed by atoms with E-state index in [4.69, 9.17) is 0 Å². The van der Waals surface area contributed by atoms with E-state index >= 15 is 0 Å². The lowest BCUT2D eigenvalue weighted by atomic mass is 10.1. The molecule has 5 heteroatoms. The van der Waals surface area contributed by atoms with E-state index in [-0.39, 0.29) is 5.82 Å². The van der Waals surface area contributed by atoms with Gasteiger partial charge in [-0.05, 0) is 34.8 Å². The lowest BCUT2D eigenvalue weighted by molar-refractivity contribution is 0.468. The summed E-state index contributed by atoms with van der Waals surface area (Å²) in [7, 11) is 0. The van der Waals surface area contributed by atoms with Crippen molar-refractivity contribution >= 4 is 21.7 Å². The highest BCUT2D eigenvalue weighted by Crippen LogP contribution is 2.17. The Morgan fingerprint density at radius 1 is 1.21 bits per heavy atom. The van der Waals surface area contributed by atoms with Gasteiger partial charge in [0.2, 0.25) is 0 Å². The Morgan fingerprint density at radius 3 is 2.63 bits per heavy atom. The van der Waals surface area contributed by atoms with E-state index in [2.05, 4.69) is 31.5 Å². The molecule has 1 fully saturated rings. The van der Waals surface area contributed by atoms with Gasteiger partial charge in [-0.15, -0.1) is 0 Å². The smallest absolute Gasteiger partial charge is 0.166 e. The summed E-state index contributed by atoms with van der Waals surface area (Å²) < 4.78 is 14.2. The Labute approximate surface area is 122 Å². The van der Waals surface area contributed by atoms with Crippen molar-refractivity contribution in [3.8, 4) is 0 Å². The molecule has 1 heterocycles. The molecule has 0 aromatic carbocycles. The molecule has 0 bridgehead atoms. The fraction of sp³-hybridized carbons (Fsp3) is 0.643. The van der Waals surface area contributed by atoms with Crippen LogP contribution < -0.4 is 10.6 Å². The van der Waals surface area contributed by atoms with Crippen LogP contribution in [0.15, 0.2) is 16.7 Å². The summed E-state index contributed by atoms with van der Waals surface area (Å²) in [5, 5.41) is 6.57. The summed E-state index contributed by atoms with van der Waals surface area (Å²) in [6.07, 6.45) is 9.52. The summed E-state index contributed by atoms with van der Waals surface area (Å²) >= 11 is 3.19. The van der Waals surface area contributed by atoms with Gasteiger partial charge in [0.1, 0.15) is 0 Å². The number of hydrogen-bond acceptors (Lipinski definition) is 3. The zero-order valence-electron chi connectivity index (χ0n) is 11.1. The molecule has 1 aliphatic carbocycles. The van der Waals surface area contributed by atoms with Gasteiger partial charge in [-0.2, -0.15) is 0 Å². The van der Waals surface area contributed by atoms with Gasteiger partial charge in [-0.3, -0.25) is 0 Å². The number of aromatic nitrogens is 1. The monoisotopic (exact) mass is 329 g/mol. The standard InChI is InChI=1S/C14H21BrFN3/c15-11-9-13(16)14(19-10-11)18-8-7-17-12-5-3-1-2-4-6-12/h9-10,12,17H,1-8H2,(H,18,19). The van der Waals surface area contributed by atoms with Gasteiger partial charge in [-0.1, -0.05) is 25.7 Å². The molecule has 1 aliphatic rings. The molecule has 19 heavy (non-hydrogen) atoms. The maximum Gasteiger partial charge on any atom is 0.166 e. The first kappa shape index (κ1) is 14.7. The lowest BCUT2D eigenvalue weighted by Gasteiger charge is -2.16. The summed E-state index contributed by atoms with van der Waals surface area (Å²) in [5.74, 6) is 0.00899. The van der Waals surface area contributed by atoms with Crippen molar-refractivity contribution in [1.82, 2.24) is 10.3 Å². The number of halogens is 2. The number of hydrogen-bond donors (Lipinski definition) is 2. The molecule has 0 amide bonds. The molecule has 0 unspecified atom stereocenters. The molecule has 1 aromatic heterocycles. The van der Waals surface area contributed by atoms with Gasteiger partial charge in [-0.25, -0.2) is 9.37 Å². The minimum absolute atomic E-state index is 0.316. The van der Waals surface area contributed by atoms with Crippen LogP contribution in [0.3, 0.4) is 0 Å². The molecule has 0 aliphatic heterocycles. The van der Waals surface area contributed by atoms with Crippen LogP contribution in [0.1, 0.15) is 38.5 Å². The van der Waals surface area contributed by atoms with E-state index < -0.39 is 0 Å². The summed E-state index contributed by atoms with van der Waals surface area (Å²) in [6, 6.07) is 2.06. The highest BCUT2D eigenvalue weighted by Gasteiger charge is 2.11. The number of rotatable bonds is 5. The number of pyridine rings is 1. The van der Waals surface area contributed by atoms with Crippen molar-refractivity contribution in [1.29, 1.82) is 0 Å². The minimum Gasteiger partial charge on any atom is -0.366 e. The van der Waals surface area contributed by atoms with E-state index in [1.165, 1.54) is 44.6 Å². The number of anilines is 1. The second-order valence-corrected chi connectivity index (χ2v) is 5.97. The molecular formula is C14H21BrFN3. The highest BCUT2D eigenvalue weighted by atomic mass is 79.9. The quantitative estimate of drug-likeness (QED) is 0.638. The molecule has 1 saturated carbocycles. The van der Waals surface area contributed by atoms with Crippen LogP contribution in [0.2, 0.25) is 0 Å². The Balaban J connectivity index is 1.68. The van der Waals surface area contributed by atoms with Crippen molar-refractivity contribution in [3.05, 3.63) is 22.6 Å². The number of nitrogens with zero attached hydrogens (tertiary/aromatic N) is 1. The normalized spacial score (nSPS) is 17.2. The second-order valence-electron chi connectivity index (χ2n) is 5.05. The van der Waals surface area contributed by atoms with Gasteiger partial charge >= 0.3 is 0 Å². The van der Waals surface area contributed by atoms with E-state index in [1.807, 2.05) is 0 Å². The van der Waals surface area contributed by atoms with E-state index in [9.17, 15) is 4.39 Å². The fourth-order valence-corrected chi connectivity index (χ4v) is 2.79. The van der Waals surface area contributed by atoms with Crippen molar-refractivity contribution < 1.29 is 4.39 Å². The third kappa shape index (κ3) is 5.07. The van der Waals surface area contributed by atoms with E-state index in [0.29, 0.717) is 22.9 Å². The number of nitrogens with one attached hydrogen (secondary N) is 2. The maximum atomic E-state index is 13.5. The Bertz CT molecular complexity index is 392. The average Bonchev–Trinajstić information content (AvgIpc) is 2.65. The predicted octanol–water partition coefficient (Wildman–Crippen LogP) is 3.71. The lowest BCUT2D eigenvalue weighted by Crippen LogP contribution is -2.32. The molecule has 3 nitrogen and oxygen atoms in total. The Morgan fingerprint density at radius 2 is 1.95 bits per heavy atom. The van der Waals surface area contributed by atoms with Gasteiger partial charge in [0.05, 0.1) is 0 Å².